The summed E-state index contributed by atoms with van der Waals surface area (Å²) >= 11 is 0. The molecular formula is C16H27NO2. The van der Waals surface area contributed by atoms with Crippen LogP contribution in [-0.4, -0.2) is 19.8 Å². The minimum absolute atomic E-state index is 0.205. The van der Waals surface area contributed by atoms with Crippen LogP contribution >= 0.6 is 0 Å². The Hall–Kier alpha value is -1.22. The third kappa shape index (κ3) is 5.52. The van der Waals surface area contributed by atoms with Gasteiger partial charge in [-0.2, -0.15) is 0 Å². The van der Waals surface area contributed by atoms with Gasteiger partial charge in [0, 0.05) is 6.04 Å². The number of benzene rings is 1. The Bertz CT molecular complexity index is 377. The Morgan fingerprint density at radius 3 is 2.53 bits per heavy atom. The number of ether oxygens (including phenoxy) is 2. The van der Waals surface area contributed by atoms with E-state index in [0.717, 1.165) is 37.4 Å². The summed E-state index contributed by atoms with van der Waals surface area (Å²) in [5, 5.41) is 0. The molecule has 1 aromatic carbocycles. The molecule has 0 aliphatic rings. The van der Waals surface area contributed by atoms with Crippen molar-refractivity contribution in [3.63, 3.8) is 0 Å². The largest absolute Gasteiger partial charge is 0.493 e. The number of rotatable bonds is 8. The summed E-state index contributed by atoms with van der Waals surface area (Å²) in [6, 6.07) is 6.28. The molecule has 0 saturated heterocycles. The van der Waals surface area contributed by atoms with Crippen molar-refractivity contribution < 1.29 is 9.47 Å². The van der Waals surface area contributed by atoms with Gasteiger partial charge in [-0.3, -0.25) is 0 Å². The Morgan fingerprint density at radius 2 is 1.95 bits per heavy atom. The van der Waals surface area contributed by atoms with E-state index in [4.69, 9.17) is 15.2 Å². The number of methoxy groups -OCH3 is 1. The molecule has 1 aromatic rings. The van der Waals surface area contributed by atoms with Crippen molar-refractivity contribution in [2.75, 3.05) is 13.7 Å². The van der Waals surface area contributed by atoms with E-state index in [1.165, 1.54) is 5.56 Å². The minimum Gasteiger partial charge on any atom is -0.493 e. The first-order chi connectivity index (χ1) is 9.06. The SMILES string of the molecule is CCC(N)Cc1ccc(OC)c(OCCC(C)C)c1. The highest BCUT2D eigenvalue weighted by atomic mass is 16.5. The lowest BCUT2D eigenvalue weighted by atomic mass is 10.0. The van der Waals surface area contributed by atoms with Gasteiger partial charge in [0.1, 0.15) is 0 Å². The standard InChI is InChI=1S/C16H27NO2/c1-5-14(17)10-13-6-7-15(18-4)16(11-13)19-9-8-12(2)3/h6-7,11-12,14H,5,8-10,17H2,1-4H3. The predicted octanol–water partition coefficient (Wildman–Crippen LogP) is 3.40. The maximum absolute atomic E-state index is 5.99. The normalized spacial score (nSPS) is 12.5. The van der Waals surface area contributed by atoms with Gasteiger partial charge < -0.3 is 15.2 Å². The molecule has 1 atom stereocenters. The van der Waals surface area contributed by atoms with E-state index in [1.807, 2.05) is 6.07 Å². The van der Waals surface area contributed by atoms with Crippen LogP contribution in [0.4, 0.5) is 0 Å². The van der Waals surface area contributed by atoms with Crippen LogP contribution in [0.3, 0.4) is 0 Å². The van der Waals surface area contributed by atoms with E-state index >= 15 is 0 Å². The van der Waals surface area contributed by atoms with E-state index in [9.17, 15) is 0 Å². The first-order valence-electron chi connectivity index (χ1n) is 7.12. The van der Waals surface area contributed by atoms with Gasteiger partial charge in [-0.1, -0.05) is 26.8 Å². The molecule has 0 amide bonds. The number of nitrogens with two attached hydrogens (primary N) is 1. The van der Waals surface area contributed by atoms with Crippen molar-refractivity contribution in [1.29, 1.82) is 0 Å². The predicted molar refractivity (Wildman–Crippen MR) is 79.9 cm³/mol. The molecule has 0 fully saturated rings. The van der Waals surface area contributed by atoms with Gasteiger partial charge in [0.15, 0.2) is 11.5 Å². The Morgan fingerprint density at radius 1 is 1.21 bits per heavy atom. The van der Waals surface area contributed by atoms with Crippen LogP contribution in [0.1, 0.15) is 39.2 Å². The molecule has 1 unspecified atom stereocenters. The van der Waals surface area contributed by atoms with Crippen LogP contribution < -0.4 is 15.2 Å². The molecular weight excluding hydrogens is 238 g/mol. The second-order valence-corrected chi connectivity index (χ2v) is 5.39. The Labute approximate surface area is 117 Å². The molecule has 2 N–H and O–H groups in total. The highest BCUT2D eigenvalue weighted by Gasteiger charge is 2.08. The summed E-state index contributed by atoms with van der Waals surface area (Å²) in [5.74, 6) is 2.25. The van der Waals surface area contributed by atoms with E-state index in [0.29, 0.717) is 5.92 Å². The van der Waals surface area contributed by atoms with Gasteiger partial charge >= 0.3 is 0 Å². The van der Waals surface area contributed by atoms with Crippen molar-refractivity contribution in [2.24, 2.45) is 11.7 Å². The average Bonchev–Trinajstić information content (AvgIpc) is 2.38. The molecule has 3 nitrogen and oxygen atoms in total. The summed E-state index contributed by atoms with van der Waals surface area (Å²) in [6.45, 7) is 7.21. The molecule has 0 aliphatic heterocycles. The second-order valence-electron chi connectivity index (χ2n) is 5.39. The molecule has 3 heteroatoms. The van der Waals surface area contributed by atoms with E-state index < -0.39 is 0 Å². The summed E-state index contributed by atoms with van der Waals surface area (Å²) in [5.41, 5.74) is 7.20. The number of hydrogen-bond donors (Lipinski definition) is 1. The molecule has 1 rings (SSSR count). The summed E-state index contributed by atoms with van der Waals surface area (Å²) in [7, 11) is 1.67. The lowest BCUT2D eigenvalue weighted by Crippen LogP contribution is -2.21. The first-order valence-corrected chi connectivity index (χ1v) is 7.12. The second kappa shape index (κ2) is 8.05. The summed E-state index contributed by atoms with van der Waals surface area (Å²) in [4.78, 5) is 0. The van der Waals surface area contributed by atoms with Crippen LogP contribution in [0.25, 0.3) is 0 Å². The maximum Gasteiger partial charge on any atom is 0.161 e. The van der Waals surface area contributed by atoms with Gasteiger partial charge in [0.2, 0.25) is 0 Å². The molecule has 0 aliphatic carbocycles. The highest BCUT2D eigenvalue weighted by molar-refractivity contribution is 5.43. The maximum atomic E-state index is 5.99. The summed E-state index contributed by atoms with van der Waals surface area (Å²) < 4.78 is 11.2. The smallest absolute Gasteiger partial charge is 0.161 e. The fourth-order valence-electron chi connectivity index (χ4n) is 1.81. The molecule has 0 aromatic heterocycles. The lowest BCUT2D eigenvalue weighted by molar-refractivity contribution is 0.272. The first kappa shape index (κ1) is 15.8. The fourth-order valence-corrected chi connectivity index (χ4v) is 1.81. The van der Waals surface area contributed by atoms with Gasteiger partial charge in [-0.25, -0.2) is 0 Å². The van der Waals surface area contributed by atoms with Crippen molar-refractivity contribution in [3.8, 4) is 11.5 Å². The molecule has 0 heterocycles. The van der Waals surface area contributed by atoms with Gasteiger partial charge in [-0.15, -0.1) is 0 Å². The fraction of sp³-hybridized carbons (Fsp3) is 0.625. The molecule has 0 spiro atoms. The summed E-state index contributed by atoms with van der Waals surface area (Å²) in [6.07, 6.45) is 2.90. The number of hydrogen-bond acceptors (Lipinski definition) is 3. The molecule has 108 valence electrons. The van der Waals surface area contributed by atoms with Gasteiger partial charge in [-0.05, 0) is 42.9 Å². The highest BCUT2D eigenvalue weighted by Crippen LogP contribution is 2.29. The third-order valence-corrected chi connectivity index (χ3v) is 3.20. The zero-order chi connectivity index (χ0) is 14.3. The van der Waals surface area contributed by atoms with Crippen LogP contribution in [0.5, 0.6) is 11.5 Å². The molecule has 19 heavy (non-hydrogen) atoms. The third-order valence-electron chi connectivity index (χ3n) is 3.20. The van der Waals surface area contributed by atoms with Crippen LogP contribution in [0.2, 0.25) is 0 Å². The Balaban J connectivity index is 2.72. The quantitative estimate of drug-likeness (QED) is 0.783. The Kier molecular flexibility index (Phi) is 6.71. The van der Waals surface area contributed by atoms with Gasteiger partial charge in [0.25, 0.3) is 0 Å². The van der Waals surface area contributed by atoms with Crippen molar-refractivity contribution in [1.82, 2.24) is 0 Å². The molecule has 0 saturated carbocycles. The molecule has 0 radical (unpaired) electrons. The monoisotopic (exact) mass is 265 g/mol. The minimum atomic E-state index is 0.205. The topological polar surface area (TPSA) is 44.5 Å². The van der Waals surface area contributed by atoms with Crippen LogP contribution in [0, 0.1) is 5.92 Å². The van der Waals surface area contributed by atoms with E-state index in [2.05, 4.69) is 32.9 Å². The van der Waals surface area contributed by atoms with Crippen LogP contribution in [0.15, 0.2) is 18.2 Å². The lowest BCUT2D eigenvalue weighted by Gasteiger charge is -2.14. The molecule has 0 bridgehead atoms. The average molecular weight is 265 g/mol. The van der Waals surface area contributed by atoms with Crippen molar-refractivity contribution >= 4 is 0 Å². The zero-order valence-corrected chi connectivity index (χ0v) is 12.6. The van der Waals surface area contributed by atoms with E-state index in [1.54, 1.807) is 7.11 Å². The van der Waals surface area contributed by atoms with E-state index in [-0.39, 0.29) is 6.04 Å². The van der Waals surface area contributed by atoms with Crippen molar-refractivity contribution in [3.05, 3.63) is 23.8 Å². The van der Waals surface area contributed by atoms with Crippen LogP contribution in [-0.2, 0) is 6.42 Å². The zero-order valence-electron chi connectivity index (χ0n) is 12.6. The van der Waals surface area contributed by atoms with Crippen molar-refractivity contribution in [2.45, 2.75) is 46.1 Å². The van der Waals surface area contributed by atoms with Gasteiger partial charge in [0.05, 0.1) is 13.7 Å².